The van der Waals surface area contributed by atoms with Gasteiger partial charge in [-0.2, -0.15) is 0 Å². The summed E-state index contributed by atoms with van der Waals surface area (Å²) in [6.07, 6.45) is 2.29. The molecule has 0 spiro atoms. The summed E-state index contributed by atoms with van der Waals surface area (Å²) < 4.78 is 26.4. The van der Waals surface area contributed by atoms with Gasteiger partial charge >= 0.3 is 0 Å². The molecule has 1 heterocycles. The number of carbonyl (C=O) groups is 1. The summed E-state index contributed by atoms with van der Waals surface area (Å²) in [4.78, 5) is 12.9. The SMILES string of the molecule is CC[C@H](NC(=O)c1ccc(C)c(N2CCCCS2(=O)=O)c1)c1ccccc1C. The van der Waals surface area contributed by atoms with Gasteiger partial charge in [0.1, 0.15) is 0 Å². The van der Waals surface area contributed by atoms with Crippen LogP contribution in [0.3, 0.4) is 0 Å². The molecular formula is C22H28N2O3S. The first-order valence-corrected chi connectivity index (χ1v) is 11.4. The number of hydrogen-bond acceptors (Lipinski definition) is 3. The minimum atomic E-state index is -3.32. The molecule has 0 aromatic heterocycles. The maximum atomic E-state index is 12.9. The molecule has 0 saturated carbocycles. The van der Waals surface area contributed by atoms with Crippen molar-refractivity contribution in [1.29, 1.82) is 0 Å². The minimum absolute atomic E-state index is 0.0860. The van der Waals surface area contributed by atoms with Crippen LogP contribution in [0, 0.1) is 13.8 Å². The fourth-order valence-electron chi connectivity index (χ4n) is 3.70. The fourth-order valence-corrected chi connectivity index (χ4v) is 5.39. The van der Waals surface area contributed by atoms with Crippen molar-refractivity contribution in [3.8, 4) is 0 Å². The Bertz CT molecular complexity index is 969. The lowest BCUT2D eigenvalue weighted by Crippen LogP contribution is -2.38. The van der Waals surface area contributed by atoms with E-state index in [9.17, 15) is 13.2 Å². The second kappa shape index (κ2) is 8.35. The van der Waals surface area contributed by atoms with Crippen molar-refractivity contribution >= 4 is 21.6 Å². The van der Waals surface area contributed by atoms with Crippen molar-refractivity contribution in [2.24, 2.45) is 0 Å². The lowest BCUT2D eigenvalue weighted by atomic mass is 9.99. The van der Waals surface area contributed by atoms with Crippen LogP contribution >= 0.6 is 0 Å². The van der Waals surface area contributed by atoms with Gasteiger partial charge in [-0.15, -0.1) is 0 Å². The first-order chi connectivity index (χ1) is 13.3. The van der Waals surface area contributed by atoms with E-state index in [1.807, 2.05) is 51.1 Å². The third-order valence-electron chi connectivity index (χ3n) is 5.37. The first kappa shape index (κ1) is 20.4. The monoisotopic (exact) mass is 400 g/mol. The Labute approximate surface area is 167 Å². The lowest BCUT2D eigenvalue weighted by molar-refractivity contribution is 0.0935. The Morgan fingerprint density at radius 2 is 1.86 bits per heavy atom. The standard InChI is InChI=1S/C22H28N2O3S/c1-4-20(19-10-6-5-9-16(19)2)23-22(25)18-12-11-17(3)21(15-18)24-13-7-8-14-28(24,26)27/h5-6,9-12,15,20H,4,7-8,13-14H2,1-3H3,(H,23,25)/t20-/m0/s1. The predicted molar refractivity (Wildman–Crippen MR) is 113 cm³/mol. The van der Waals surface area contributed by atoms with Crippen LogP contribution < -0.4 is 9.62 Å². The predicted octanol–water partition coefficient (Wildman–Crippen LogP) is 4.11. The Kier molecular flexibility index (Phi) is 6.08. The molecule has 6 heteroatoms. The molecule has 28 heavy (non-hydrogen) atoms. The van der Waals surface area contributed by atoms with Crippen LogP contribution in [-0.2, 0) is 10.0 Å². The van der Waals surface area contributed by atoms with Crippen LogP contribution in [0.4, 0.5) is 5.69 Å². The van der Waals surface area contributed by atoms with Gasteiger partial charge in [-0.05, 0) is 61.9 Å². The largest absolute Gasteiger partial charge is 0.345 e. The minimum Gasteiger partial charge on any atom is -0.345 e. The summed E-state index contributed by atoms with van der Waals surface area (Å²) in [6, 6.07) is 13.2. The molecule has 2 aromatic rings. The number of rotatable bonds is 5. The molecule has 5 nitrogen and oxygen atoms in total. The van der Waals surface area contributed by atoms with Gasteiger partial charge in [0, 0.05) is 12.1 Å². The molecule has 0 aliphatic carbocycles. The third-order valence-corrected chi connectivity index (χ3v) is 7.22. The Balaban J connectivity index is 1.87. The number of nitrogens with one attached hydrogen (secondary N) is 1. The summed E-state index contributed by atoms with van der Waals surface area (Å²) >= 11 is 0. The first-order valence-electron chi connectivity index (χ1n) is 9.81. The normalized spacial score (nSPS) is 17.2. The summed E-state index contributed by atoms with van der Waals surface area (Å²) in [7, 11) is -3.32. The highest BCUT2D eigenvalue weighted by atomic mass is 32.2. The molecule has 0 unspecified atom stereocenters. The zero-order chi connectivity index (χ0) is 20.3. The summed E-state index contributed by atoms with van der Waals surface area (Å²) in [5.41, 5.74) is 4.18. The number of benzene rings is 2. The third kappa shape index (κ3) is 4.22. The number of hydrogen-bond donors (Lipinski definition) is 1. The van der Waals surface area contributed by atoms with Gasteiger partial charge in [0.25, 0.3) is 5.91 Å². The van der Waals surface area contributed by atoms with E-state index in [2.05, 4.69) is 5.32 Å². The zero-order valence-electron chi connectivity index (χ0n) is 16.7. The number of carbonyl (C=O) groups excluding carboxylic acids is 1. The van der Waals surface area contributed by atoms with Crippen LogP contribution in [0.5, 0.6) is 0 Å². The van der Waals surface area contributed by atoms with Crippen molar-refractivity contribution in [2.75, 3.05) is 16.6 Å². The maximum Gasteiger partial charge on any atom is 0.251 e. The molecule has 1 saturated heterocycles. The van der Waals surface area contributed by atoms with Crippen LogP contribution in [0.15, 0.2) is 42.5 Å². The molecule has 150 valence electrons. The molecule has 1 N–H and O–H groups in total. The molecule has 2 aromatic carbocycles. The Morgan fingerprint density at radius 1 is 1.11 bits per heavy atom. The van der Waals surface area contributed by atoms with E-state index < -0.39 is 10.0 Å². The highest BCUT2D eigenvalue weighted by Gasteiger charge is 2.28. The van der Waals surface area contributed by atoms with Crippen LogP contribution in [-0.4, -0.2) is 26.6 Å². The van der Waals surface area contributed by atoms with Gasteiger partial charge in [0.15, 0.2) is 0 Å². The van der Waals surface area contributed by atoms with Gasteiger partial charge in [-0.1, -0.05) is 37.3 Å². The van der Waals surface area contributed by atoms with Crippen LogP contribution in [0.1, 0.15) is 59.3 Å². The highest BCUT2D eigenvalue weighted by molar-refractivity contribution is 7.92. The zero-order valence-corrected chi connectivity index (χ0v) is 17.6. The molecule has 1 aliphatic heterocycles. The molecule has 1 amide bonds. The number of amides is 1. The van der Waals surface area contributed by atoms with E-state index in [1.165, 1.54) is 4.31 Å². The average molecular weight is 401 g/mol. The number of aryl methyl sites for hydroxylation is 2. The van der Waals surface area contributed by atoms with E-state index in [0.29, 0.717) is 24.2 Å². The van der Waals surface area contributed by atoms with Crippen molar-refractivity contribution in [3.05, 3.63) is 64.7 Å². The van der Waals surface area contributed by atoms with E-state index in [1.54, 1.807) is 12.1 Å². The topological polar surface area (TPSA) is 66.5 Å². The summed E-state index contributed by atoms with van der Waals surface area (Å²) in [5.74, 6) is -0.0283. The summed E-state index contributed by atoms with van der Waals surface area (Å²) in [5, 5.41) is 3.10. The maximum absolute atomic E-state index is 12.9. The number of anilines is 1. The fraction of sp³-hybridized carbons (Fsp3) is 0.409. The second-order valence-electron chi connectivity index (χ2n) is 7.39. The Hall–Kier alpha value is -2.34. The molecule has 1 aliphatic rings. The van der Waals surface area contributed by atoms with Gasteiger partial charge in [-0.25, -0.2) is 8.42 Å². The van der Waals surface area contributed by atoms with E-state index in [-0.39, 0.29) is 17.7 Å². The molecule has 0 radical (unpaired) electrons. The molecule has 1 fully saturated rings. The van der Waals surface area contributed by atoms with Gasteiger partial charge in [0.05, 0.1) is 17.5 Å². The molecule has 1 atom stereocenters. The second-order valence-corrected chi connectivity index (χ2v) is 9.40. The summed E-state index contributed by atoms with van der Waals surface area (Å²) in [6.45, 7) is 6.42. The molecule has 0 bridgehead atoms. The Morgan fingerprint density at radius 3 is 2.54 bits per heavy atom. The van der Waals surface area contributed by atoms with Gasteiger partial charge in [0.2, 0.25) is 10.0 Å². The molecular weight excluding hydrogens is 372 g/mol. The smallest absolute Gasteiger partial charge is 0.251 e. The van der Waals surface area contributed by atoms with E-state index >= 15 is 0 Å². The number of nitrogens with zero attached hydrogens (tertiary/aromatic N) is 1. The van der Waals surface area contributed by atoms with Crippen LogP contribution in [0.2, 0.25) is 0 Å². The quantitative estimate of drug-likeness (QED) is 0.821. The highest BCUT2D eigenvalue weighted by Crippen LogP contribution is 2.28. The average Bonchev–Trinajstić information content (AvgIpc) is 2.67. The van der Waals surface area contributed by atoms with Gasteiger partial charge < -0.3 is 5.32 Å². The van der Waals surface area contributed by atoms with E-state index in [4.69, 9.17) is 0 Å². The van der Waals surface area contributed by atoms with Crippen molar-refractivity contribution in [3.63, 3.8) is 0 Å². The lowest BCUT2D eigenvalue weighted by Gasteiger charge is -2.30. The van der Waals surface area contributed by atoms with Crippen molar-refractivity contribution in [2.45, 2.75) is 46.1 Å². The van der Waals surface area contributed by atoms with Crippen LogP contribution in [0.25, 0.3) is 0 Å². The van der Waals surface area contributed by atoms with Gasteiger partial charge in [-0.3, -0.25) is 9.10 Å². The van der Waals surface area contributed by atoms with Crippen molar-refractivity contribution < 1.29 is 13.2 Å². The molecule has 3 rings (SSSR count). The number of sulfonamides is 1. The van der Waals surface area contributed by atoms with Crippen molar-refractivity contribution in [1.82, 2.24) is 5.32 Å². The van der Waals surface area contributed by atoms with E-state index in [0.717, 1.165) is 29.5 Å².